The molecule has 1 aromatic heterocycles. The molecule has 0 bridgehead atoms. The van der Waals surface area contributed by atoms with E-state index in [2.05, 4.69) is 18.8 Å². The average molecular weight is 484 g/mol. The number of carbonyl (C=O) groups is 1. The molecule has 0 N–H and O–H groups in total. The van der Waals surface area contributed by atoms with Crippen LogP contribution in [-0.4, -0.2) is 11.0 Å². The van der Waals surface area contributed by atoms with Crippen molar-refractivity contribution in [3.8, 4) is 5.75 Å². The minimum Gasteiger partial charge on any atom is -0.425 e. The molecule has 0 amide bonds. The number of carbonyl (C=O) groups excluding carboxylic acids is 1. The number of aryl methyl sites for hydroxylation is 1. The Bertz CT molecular complexity index is 684. The third-order valence-electron chi connectivity index (χ3n) is 8.90. The van der Waals surface area contributed by atoms with Crippen molar-refractivity contribution >= 4 is 5.97 Å². The molecule has 3 heteroatoms. The van der Waals surface area contributed by atoms with Crippen molar-refractivity contribution in [3.05, 3.63) is 24.0 Å². The van der Waals surface area contributed by atoms with Crippen LogP contribution in [0.5, 0.6) is 5.75 Å². The van der Waals surface area contributed by atoms with Gasteiger partial charge in [0, 0.05) is 5.69 Å². The summed E-state index contributed by atoms with van der Waals surface area (Å²) < 4.78 is 5.69. The molecule has 0 atom stereocenters. The van der Waals surface area contributed by atoms with Gasteiger partial charge in [-0.1, -0.05) is 104 Å². The number of pyridine rings is 1. The molecule has 35 heavy (non-hydrogen) atoms. The van der Waals surface area contributed by atoms with Gasteiger partial charge in [0.05, 0.1) is 12.1 Å². The van der Waals surface area contributed by atoms with Gasteiger partial charge in [0.1, 0.15) is 5.75 Å². The highest BCUT2D eigenvalue weighted by atomic mass is 16.5. The first kappa shape index (κ1) is 28.2. The Morgan fingerprint density at radius 2 is 1.31 bits per heavy atom. The Labute approximate surface area is 216 Å². The van der Waals surface area contributed by atoms with Gasteiger partial charge in [-0.3, -0.25) is 9.78 Å². The fourth-order valence-corrected chi connectivity index (χ4v) is 6.38. The van der Waals surface area contributed by atoms with E-state index in [-0.39, 0.29) is 11.9 Å². The maximum Gasteiger partial charge on any atom is 0.314 e. The Balaban J connectivity index is 1.26. The highest BCUT2D eigenvalue weighted by Crippen LogP contribution is 2.38. The molecule has 2 aliphatic rings. The van der Waals surface area contributed by atoms with Crippen LogP contribution in [0.4, 0.5) is 0 Å². The quantitative estimate of drug-likeness (QED) is 0.184. The summed E-state index contributed by atoms with van der Waals surface area (Å²) in [5, 5.41) is 0. The molecule has 0 spiro atoms. The first-order valence-corrected chi connectivity index (χ1v) is 15.3. The van der Waals surface area contributed by atoms with E-state index in [1.165, 1.54) is 109 Å². The molecule has 0 saturated heterocycles. The van der Waals surface area contributed by atoms with Crippen molar-refractivity contribution in [2.45, 2.75) is 142 Å². The Morgan fingerprint density at radius 1 is 0.743 bits per heavy atom. The van der Waals surface area contributed by atoms with Crippen molar-refractivity contribution in [1.82, 2.24) is 4.98 Å². The van der Waals surface area contributed by atoms with Gasteiger partial charge in [0.15, 0.2) is 0 Å². The predicted molar refractivity (Wildman–Crippen MR) is 147 cm³/mol. The fraction of sp³-hybridized carbons (Fsp3) is 0.812. The highest BCUT2D eigenvalue weighted by Gasteiger charge is 2.29. The second-order valence-electron chi connectivity index (χ2n) is 11.7. The maximum atomic E-state index is 12.7. The molecule has 0 aromatic carbocycles. The smallest absolute Gasteiger partial charge is 0.314 e. The summed E-state index contributed by atoms with van der Waals surface area (Å²) in [6, 6.07) is 3.94. The van der Waals surface area contributed by atoms with Crippen molar-refractivity contribution in [2.24, 2.45) is 23.7 Å². The number of aromatic nitrogens is 1. The van der Waals surface area contributed by atoms with Crippen LogP contribution < -0.4 is 4.74 Å². The Morgan fingerprint density at radius 3 is 1.89 bits per heavy atom. The summed E-state index contributed by atoms with van der Waals surface area (Å²) in [6.45, 7) is 4.53. The van der Waals surface area contributed by atoms with Crippen LogP contribution in [0, 0.1) is 23.7 Å². The van der Waals surface area contributed by atoms with E-state index in [0.717, 1.165) is 42.7 Å². The predicted octanol–water partition coefficient (Wildman–Crippen LogP) is 9.47. The second kappa shape index (κ2) is 16.4. The zero-order valence-electron chi connectivity index (χ0n) is 22.9. The number of hydrogen-bond acceptors (Lipinski definition) is 3. The minimum atomic E-state index is -0.0433. The molecule has 3 nitrogen and oxygen atoms in total. The van der Waals surface area contributed by atoms with Crippen molar-refractivity contribution in [2.75, 3.05) is 0 Å². The molecule has 2 saturated carbocycles. The topological polar surface area (TPSA) is 39.2 Å². The largest absolute Gasteiger partial charge is 0.425 e. The Hall–Kier alpha value is -1.38. The van der Waals surface area contributed by atoms with Crippen LogP contribution in [0.1, 0.15) is 142 Å². The lowest BCUT2D eigenvalue weighted by Gasteiger charge is -2.31. The van der Waals surface area contributed by atoms with Gasteiger partial charge >= 0.3 is 5.97 Å². The summed E-state index contributed by atoms with van der Waals surface area (Å²) in [5.41, 5.74) is 1.10. The molecule has 3 rings (SSSR count). The lowest BCUT2D eigenvalue weighted by molar-refractivity contribution is -0.140. The lowest BCUT2D eigenvalue weighted by atomic mass is 9.75. The van der Waals surface area contributed by atoms with Crippen molar-refractivity contribution in [3.63, 3.8) is 0 Å². The van der Waals surface area contributed by atoms with Crippen LogP contribution in [0.25, 0.3) is 0 Å². The minimum absolute atomic E-state index is 0.0433. The molecule has 2 fully saturated rings. The summed E-state index contributed by atoms with van der Waals surface area (Å²) in [7, 11) is 0. The average Bonchev–Trinajstić information content (AvgIpc) is 2.90. The van der Waals surface area contributed by atoms with Gasteiger partial charge in [0.25, 0.3) is 0 Å². The molecule has 198 valence electrons. The van der Waals surface area contributed by atoms with Gasteiger partial charge in [0.2, 0.25) is 0 Å². The zero-order valence-corrected chi connectivity index (χ0v) is 22.9. The Kier molecular flexibility index (Phi) is 13.2. The maximum absolute atomic E-state index is 12.7. The number of rotatable bonds is 15. The van der Waals surface area contributed by atoms with Crippen LogP contribution in [0.15, 0.2) is 18.3 Å². The van der Waals surface area contributed by atoms with E-state index in [1.807, 2.05) is 12.1 Å². The molecule has 0 radical (unpaired) electrons. The number of nitrogens with zero attached hydrogens (tertiary/aromatic N) is 1. The van der Waals surface area contributed by atoms with E-state index in [9.17, 15) is 4.79 Å². The summed E-state index contributed by atoms with van der Waals surface area (Å²) in [5.74, 6) is 3.43. The van der Waals surface area contributed by atoms with Crippen molar-refractivity contribution in [1.29, 1.82) is 0 Å². The number of esters is 1. The van der Waals surface area contributed by atoms with Gasteiger partial charge in [-0.05, 0) is 68.4 Å². The first-order valence-electron chi connectivity index (χ1n) is 15.3. The molecule has 0 unspecified atom stereocenters. The van der Waals surface area contributed by atoms with Gasteiger partial charge in [-0.15, -0.1) is 0 Å². The summed E-state index contributed by atoms with van der Waals surface area (Å²) >= 11 is 0. The first-order chi connectivity index (χ1) is 17.2. The van der Waals surface area contributed by atoms with E-state index < -0.39 is 0 Å². The molecule has 2 aliphatic carbocycles. The SMILES string of the molecule is CCCCCCc1ccc(OC(=O)[C@H]2CC[C@H](CC[C@H]3CC[C@H](CCCCCC)CC3)CC2)cn1. The van der Waals surface area contributed by atoms with E-state index in [4.69, 9.17) is 4.74 Å². The van der Waals surface area contributed by atoms with Crippen LogP contribution in [0.3, 0.4) is 0 Å². The fourth-order valence-electron chi connectivity index (χ4n) is 6.38. The van der Waals surface area contributed by atoms with Crippen LogP contribution in [-0.2, 0) is 11.2 Å². The van der Waals surface area contributed by atoms with Crippen LogP contribution >= 0.6 is 0 Å². The van der Waals surface area contributed by atoms with E-state index >= 15 is 0 Å². The molecule has 1 heterocycles. The number of hydrogen-bond donors (Lipinski definition) is 0. The third-order valence-corrected chi connectivity index (χ3v) is 8.90. The molecule has 0 aliphatic heterocycles. The molecular formula is C32H53NO2. The van der Waals surface area contributed by atoms with Gasteiger partial charge in [-0.25, -0.2) is 0 Å². The van der Waals surface area contributed by atoms with E-state index in [1.54, 1.807) is 6.20 Å². The second-order valence-corrected chi connectivity index (χ2v) is 11.7. The normalized spacial score (nSPS) is 24.9. The van der Waals surface area contributed by atoms with Crippen molar-refractivity contribution < 1.29 is 9.53 Å². The molecule has 1 aromatic rings. The van der Waals surface area contributed by atoms with Gasteiger partial charge < -0.3 is 4.74 Å². The van der Waals surface area contributed by atoms with E-state index in [0.29, 0.717) is 5.75 Å². The zero-order chi connectivity index (χ0) is 24.7. The third kappa shape index (κ3) is 10.6. The van der Waals surface area contributed by atoms with Crippen LogP contribution in [0.2, 0.25) is 0 Å². The number of ether oxygens (including phenoxy) is 1. The standard InChI is InChI=1S/C32H53NO2/c1-3-5-7-9-11-26-13-15-27(16-14-26)17-18-28-19-21-29(22-20-28)32(34)35-31-24-23-30(33-25-31)12-10-8-6-4-2/h23-29H,3-22H2,1-2H3/t26-,27-,28-,29-. The monoisotopic (exact) mass is 483 g/mol. The number of unbranched alkanes of at least 4 members (excludes halogenated alkanes) is 6. The summed E-state index contributed by atoms with van der Waals surface area (Å²) in [4.78, 5) is 17.2. The highest BCUT2D eigenvalue weighted by molar-refractivity contribution is 5.75. The lowest BCUT2D eigenvalue weighted by Crippen LogP contribution is -2.26. The molecular weight excluding hydrogens is 430 g/mol. The summed E-state index contributed by atoms with van der Waals surface area (Å²) in [6.07, 6.45) is 27.9. The van der Waals surface area contributed by atoms with Gasteiger partial charge in [-0.2, -0.15) is 0 Å².